The molecule has 6 nitrogen and oxygen atoms in total. The maximum Gasteiger partial charge on any atom is 0.121 e. The Morgan fingerprint density at radius 1 is 1.25 bits per heavy atom. The first-order chi connectivity index (χ1) is 11.7. The number of H-pyrrole nitrogens is 1. The van der Waals surface area contributed by atoms with Crippen molar-refractivity contribution in [2.75, 3.05) is 13.2 Å². The standard InChI is InChI=1S/C18H22N4O2/c23-12-17(24)16-9-15-11-21(7-2-8-22(15)20-16)10-14-4-1-3-13-5-6-19-18(13)14/h1,3-6,9,17,19,23-24H,2,7-8,10-12H2/t17-/m1/s1. The summed E-state index contributed by atoms with van der Waals surface area (Å²) < 4.78 is 1.96. The number of hydrogen-bond acceptors (Lipinski definition) is 4. The minimum Gasteiger partial charge on any atom is -0.393 e. The Balaban J connectivity index is 1.57. The molecule has 0 aliphatic carbocycles. The normalized spacial score (nSPS) is 16.9. The fraction of sp³-hybridized carbons (Fsp3) is 0.389. The molecule has 0 fully saturated rings. The summed E-state index contributed by atoms with van der Waals surface area (Å²) in [6.07, 6.45) is 2.10. The average Bonchev–Trinajstić information content (AvgIpc) is 3.18. The Morgan fingerprint density at radius 2 is 2.17 bits per heavy atom. The van der Waals surface area contributed by atoms with Gasteiger partial charge >= 0.3 is 0 Å². The van der Waals surface area contributed by atoms with Crippen molar-refractivity contribution in [3.8, 4) is 0 Å². The number of rotatable bonds is 4. The molecule has 0 amide bonds. The maximum absolute atomic E-state index is 9.80. The fourth-order valence-corrected chi connectivity index (χ4v) is 3.46. The Bertz CT molecular complexity index is 839. The predicted octanol–water partition coefficient (Wildman–Crippen LogP) is 1.80. The molecule has 0 bridgehead atoms. The number of benzene rings is 1. The van der Waals surface area contributed by atoms with Crippen LogP contribution in [0.15, 0.2) is 36.5 Å². The average molecular weight is 326 g/mol. The van der Waals surface area contributed by atoms with Crippen molar-refractivity contribution < 1.29 is 10.2 Å². The summed E-state index contributed by atoms with van der Waals surface area (Å²) in [7, 11) is 0. The van der Waals surface area contributed by atoms with Gasteiger partial charge in [0.25, 0.3) is 0 Å². The van der Waals surface area contributed by atoms with Gasteiger partial charge in [0.2, 0.25) is 0 Å². The van der Waals surface area contributed by atoms with Crippen molar-refractivity contribution in [1.29, 1.82) is 0 Å². The van der Waals surface area contributed by atoms with E-state index in [4.69, 9.17) is 5.11 Å². The highest BCUT2D eigenvalue weighted by atomic mass is 16.3. The van der Waals surface area contributed by atoms with E-state index in [1.807, 2.05) is 16.9 Å². The van der Waals surface area contributed by atoms with Crippen molar-refractivity contribution in [2.45, 2.75) is 32.2 Å². The lowest BCUT2D eigenvalue weighted by Crippen LogP contribution is -2.23. The van der Waals surface area contributed by atoms with Crippen LogP contribution in [-0.2, 0) is 19.6 Å². The molecule has 3 N–H and O–H groups in total. The molecule has 4 rings (SSSR count). The van der Waals surface area contributed by atoms with Crippen LogP contribution in [0.5, 0.6) is 0 Å². The van der Waals surface area contributed by atoms with Gasteiger partial charge in [-0.3, -0.25) is 9.58 Å². The summed E-state index contributed by atoms with van der Waals surface area (Å²) in [4.78, 5) is 5.74. The molecule has 3 aromatic rings. The number of fused-ring (bicyclic) bond motifs is 2. The first-order valence-electron chi connectivity index (χ1n) is 8.37. The minimum atomic E-state index is -0.898. The van der Waals surface area contributed by atoms with Crippen molar-refractivity contribution in [3.05, 3.63) is 53.5 Å². The molecule has 3 heterocycles. The van der Waals surface area contributed by atoms with Gasteiger partial charge in [0, 0.05) is 37.9 Å². The van der Waals surface area contributed by atoms with Crippen molar-refractivity contribution in [2.24, 2.45) is 0 Å². The molecule has 1 aromatic carbocycles. The van der Waals surface area contributed by atoms with Crippen LogP contribution in [0.2, 0.25) is 0 Å². The molecule has 0 saturated heterocycles. The van der Waals surface area contributed by atoms with Gasteiger partial charge in [-0.05, 0) is 29.5 Å². The molecule has 6 heteroatoms. The van der Waals surface area contributed by atoms with Gasteiger partial charge in [-0.25, -0.2) is 0 Å². The summed E-state index contributed by atoms with van der Waals surface area (Å²) in [5, 5.41) is 24.6. The molecule has 0 spiro atoms. The number of hydrogen-bond donors (Lipinski definition) is 3. The Morgan fingerprint density at radius 3 is 3.04 bits per heavy atom. The lowest BCUT2D eigenvalue weighted by Gasteiger charge is -2.20. The number of para-hydroxylation sites is 1. The zero-order valence-corrected chi connectivity index (χ0v) is 13.5. The number of aliphatic hydroxyl groups is 2. The van der Waals surface area contributed by atoms with Crippen LogP contribution in [0.25, 0.3) is 10.9 Å². The smallest absolute Gasteiger partial charge is 0.121 e. The Labute approximate surface area is 140 Å². The highest BCUT2D eigenvalue weighted by Gasteiger charge is 2.20. The van der Waals surface area contributed by atoms with E-state index < -0.39 is 6.10 Å². The van der Waals surface area contributed by atoms with Gasteiger partial charge in [0.15, 0.2) is 0 Å². The van der Waals surface area contributed by atoms with Crippen LogP contribution in [0.4, 0.5) is 0 Å². The zero-order valence-electron chi connectivity index (χ0n) is 13.5. The monoisotopic (exact) mass is 326 g/mol. The van der Waals surface area contributed by atoms with E-state index in [-0.39, 0.29) is 6.61 Å². The van der Waals surface area contributed by atoms with Crippen LogP contribution >= 0.6 is 0 Å². The van der Waals surface area contributed by atoms with Crippen LogP contribution in [-0.4, -0.2) is 43.0 Å². The third kappa shape index (κ3) is 2.84. The second-order valence-electron chi connectivity index (χ2n) is 6.41. The molecule has 0 saturated carbocycles. The van der Waals surface area contributed by atoms with Crippen LogP contribution in [0.3, 0.4) is 0 Å². The van der Waals surface area contributed by atoms with E-state index >= 15 is 0 Å². The summed E-state index contributed by atoms with van der Waals surface area (Å²) >= 11 is 0. The van der Waals surface area contributed by atoms with E-state index in [0.717, 1.165) is 38.3 Å². The van der Waals surface area contributed by atoms with E-state index in [2.05, 4.69) is 39.2 Å². The van der Waals surface area contributed by atoms with Gasteiger partial charge in [-0.15, -0.1) is 0 Å². The number of aliphatic hydroxyl groups excluding tert-OH is 2. The van der Waals surface area contributed by atoms with E-state index in [0.29, 0.717) is 5.69 Å². The SMILES string of the molecule is OC[C@@H](O)c1cc2n(n1)CCCN(Cc1cccc3cc[nH]c13)C2. The first-order valence-corrected chi connectivity index (χ1v) is 8.37. The summed E-state index contributed by atoms with van der Waals surface area (Å²) in [6.45, 7) is 3.23. The van der Waals surface area contributed by atoms with Gasteiger partial charge in [-0.1, -0.05) is 18.2 Å². The lowest BCUT2D eigenvalue weighted by atomic mass is 10.1. The molecule has 1 atom stereocenters. The second-order valence-corrected chi connectivity index (χ2v) is 6.41. The van der Waals surface area contributed by atoms with Gasteiger partial charge in [0.05, 0.1) is 18.0 Å². The summed E-state index contributed by atoms with van der Waals surface area (Å²) in [6, 6.07) is 10.4. The quantitative estimate of drug-likeness (QED) is 0.683. The van der Waals surface area contributed by atoms with Gasteiger partial charge < -0.3 is 15.2 Å². The van der Waals surface area contributed by atoms with Crippen LogP contribution in [0, 0.1) is 0 Å². The van der Waals surface area contributed by atoms with E-state index in [1.165, 1.54) is 16.5 Å². The van der Waals surface area contributed by atoms with Crippen molar-refractivity contribution in [1.82, 2.24) is 19.7 Å². The summed E-state index contributed by atoms with van der Waals surface area (Å²) in [5.74, 6) is 0. The molecule has 2 aromatic heterocycles. The Kier molecular flexibility index (Phi) is 4.10. The van der Waals surface area contributed by atoms with Gasteiger partial charge in [-0.2, -0.15) is 5.10 Å². The number of nitrogens with one attached hydrogen (secondary N) is 1. The fourth-order valence-electron chi connectivity index (χ4n) is 3.46. The minimum absolute atomic E-state index is 0.297. The number of aromatic amines is 1. The maximum atomic E-state index is 9.80. The molecule has 126 valence electrons. The van der Waals surface area contributed by atoms with E-state index in [9.17, 15) is 5.11 Å². The Hall–Kier alpha value is -2.15. The highest BCUT2D eigenvalue weighted by Crippen LogP contribution is 2.22. The molecular weight excluding hydrogens is 304 g/mol. The molecular formula is C18H22N4O2. The topological polar surface area (TPSA) is 77.3 Å². The van der Waals surface area contributed by atoms with Crippen molar-refractivity contribution in [3.63, 3.8) is 0 Å². The molecule has 0 unspecified atom stereocenters. The van der Waals surface area contributed by atoms with E-state index in [1.54, 1.807) is 0 Å². The predicted molar refractivity (Wildman–Crippen MR) is 91.3 cm³/mol. The third-order valence-electron chi connectivity index (χ3n) is 4.69. The first kappa shape index (κ1) is 15.4. The van der Waals surface area contributed by atoms with Crippen molar-refractivity contribution >= 4 is 10.9 Å². The second kappa shape index (κ2) is 6.39. The highest BCUT2D eigenvalue weighted by molar-refractivity contribution is 5.82. The van der Waals surface area contributed by atoms with Gasteiger partial charge in [0.1, 0.15) is 6.10 Å². The number of nitrogens with zero attached hydrogens (tertiary/aromatic N) is 3. The molecule has 24 heavy (non-hydrogen) atoms. The lowest BCUT2D eigenvalue weighted by molar-refractivity contribution is 0.0916. The number of aryl methyl sites for hydroxylation is 1. The largest absolute Gasteiger partial charge is 0.393 e. The van der Waals surface area contributed by atoms with Crippen LogP contribution in [0.1, 0.15) is 29.5 Å². The zero-order chi connectivity index (χ0) is 16.5. The summed E-state index contributed by atoms with van der Waals surface area (Å²) in [5.41, 5.74) is 4.14. The molecule has 0 radical (unpaired) electrons. The van der Waals surface area contributed by atoms with Crippen LogP contribution < -0.4 is 0 Å². The third-order valence-corrected chi connectivity index (χ3v) is 4.69. The molecule has 1 aliphatic heterocycles. The molecule has 1 aliphatic rings. The number of aromatic nitrogens is 3.